The molecular weight excluding hydrogens is 182 g/mol. The van der Waals surface area contributed by atoms with E-state index in [1.165, 1.54) is 4.90 Å². The van der Waals surface area contributed by atoms with Crippen LogP contribution >= 0.6 is 0 Å². The topological polar surface area (TPSA) is 69.8 Å². The molecule has 0 radical (unpaired) electrons. The summed E-state index contributed by atoms with van der Waals surface area (Å²) in [7, 11) is 0. The molecule has 2 atom stereocenters. The van der Waals surface area contributed by atoms with Gasteiger partial charge in [-0.25, -0.2) is 4.79 Å². The third-order valence-electron chi connectivity index (χ3n) is 2.76. The van der Waals surface area contributed by atoms with Crippen molar-refractivity contribution in [2.75, 3.05) is 26.2 Å². The van der Waals surface area contributed by atoms with Crippen molar-refractivity contribution in [3.05, 3.63) is 0 Å². The third kappa shape index (κ3) is 2.36. The van der Waals surface area contributed by atoms with Gasteiger partial charge in [-0.15, -0.1) is 0 Å². The molecule has 1 amide bonds. The summed E-state index contributed by atoms with van der Waals surface area (Å²) in [5.74, 6) is 0. The van der Waals surface area contributed by atoms with Crippen LogP contribution in [-0.4, -0.2) is 59.3 Å². The lowest BCUT2D eigenvalue weighted by molar-refractivity contribution is 0.0423. The summed E-state index contributed by atoms with van der Waals surface area (Å²) in [5.41, 5.74) is 5.51. The van der Waals surface area contributed by atoms with Crippen LogP contribution in [-0.2, 0) is 0 Å². The fourth-order valence-electron chi connectivity index (χ4n) is 2.10. The first-order valence-electron chi connectivity index (χ1n) is 5.00. The highest BCUT2D eigenvalue weighted by Crippen LogP contribution is 2.14. The predicted octanol–water partition coefficient (Wildman–Crippen LogP) is 0.0177. The molecule has 5 heteroatoms. The largest absolute Gasteiger partial charge is 0.465 e. The third-order valence-corrected chi connectivity index (χ3v) is 2.76. The van der Waals surface area contributed by atoms with E-state index in [1.807, 2.05) is 13.8 Å². The Morgan fingerprint density at radius 3 is 2.29 bits per heavy atom. The lowest BCUT2D eigenvalue weighted by atomic mass is 10.1. The van der Waals surface area contributed by atoms with Gasteiger partial charge in [-0.2, -0.15) is 0 Å². The van der Waals surface area contributed by atoms with Crippen molar-refractivity contribution >= 4 is 6.09 Å². The highest BCUT2D eigenvalue weighted by atomic mass is 16.4. The molecule has 0 unspecified atom stereocenters. The van der Waals surface area contributed by atoms with Gasteiger partial charge in [0.25, 0.3) is 0 Å². The first kappa shape index (κ1) is 11.3. The maximum absolute atomic E-state index is 10.8. The monoisotopic (exact) mass is 201 g/mol. The first-order valence-corrected chi connectivity index (χ1v) is 5.00. The molecule has 1 aliphatic rings. The SMILES string of the molecule is C[C@@H]1CN(C(=O)O)C[C@H](C)N1CCN. The van der Waals surface area contributed by atoms with Gasteiger partial charge in [0.05, 0.1) is 0 Å². The van der Waals surface area contributed by atoms with Crippen LogP contribution in [0.25, 0.3) is 0 Å². The van der Waals surface area contributed by atoms with E-state index in [0.29, 0.717) is 19.6 Å². The van der Waals surface area contributed by atoms with Crippen LogP contribution in [0.15, 0.2) is 0 Å². The molecule has 1 fully saturated rings. The standard InChI is InChI=1S/C9H19N3O2/c1-7-5-11(9(13)14)6-8(2)12(7)4-3-10/h7-8H,3-6,10H2,1-2H3,(H,13,14)/t7-,8+. The van der Waals surface area contributed by atoms with E-state index in [1.54, 1.807) is 0 Å². The lowest BCUT2D eigenvalue weighted by Crippen LogP contribution is -2.58. The van der Waals surface area contributed by atoms with Gasteiger partial charge in [0.2, 0.25) is 0 Å². The Bertz CT molecular complexity index is 198. The smallest absolute Gasteiger partial charge is 0.407 e. The molecule has 82 valence electrons. The van der Waals surface area contributed by atoms with Gasteiger partial charge in [0.1, 0.15) is 0 Å². The molecular formula is C9H19N3O2. The second-order valence-electron chi connectivity index (χ2n) is 3.91. The Morgan fingerprint density at radius 2 is 1.93 bits per heavy atom. The molecule has 0 aromatic carbocycles. The number of hydrogen-bond donors (Lipinski definition) is 2. The van der Waals surface area contributed by atoms with E-state index in [0.717, 1.165) is 6.54 Å². The summed E-state index contributed by atoms with van der Waals surface area (Å²) in [4.78, 5) is 14.5. The summed E-state index contributed by atoms with van der Waals surface area (Å²) in [5, 5.41) is 8.87. The minimum atomic E-state index is -0.823. The van der Waals surface area contributed by atoms with Gasteiger partial charge in [-0.1, -0.05) is 0 Å². The predicted molar refractivity (Wildman–Crippen MR) is 54.3 cm³/mol. The van der Waals surface area contributed by atoms with Gasteiger partial charge in [0, 0.05) is 38.3 Å². The molecule has 0 aromatic rings. The summed E-state index contributed by atoms with van der Waals surface area (Å²) in [6.07, 6.45) is -0.823. The van der Waals surface area contributed by atoms with Crippen LogP contribution in [0, 0.1) is 0 Å². The number of nitrogens with two attached hydrogens (primary N) is 1. The highest BCUT2D eigenvalue weighted by molar-refractivity contribution is 5.65. The molecule has 0 spiro atoms. The summed E-state index contributed by atoms with van der Waals surface area (Å²) in [6, 6.07) is 0.525. The van der Waals surface area contributed by atoms with Gasteiger partial charge in [0.15, 0.2) is 0 Å². The Balaban J connectivity index is 2.58. The fourth-order valence-corrected chi connectivity index (χ4v) is 2.10. The highest BCUT2D eigenvalue weighted by Gasteiger charge is 2.30. The minimum Gasteiger partial charge on any atom is -0.465 e. The van der Waals surface area contributed by atoms with Gasteiger partial charge in [-0.3, -0.25) is 4.90 Å². The molecule has 5 nitrogen and oxygen atoms in total. The fraction of sp³-hybridized carbons (Fsp3) is 0.889. The maximum Gasteiger partial charge on any atom is 0.407 e. The number of carbonyl (C=O) groups is 1. The van der Waals surface area contributed by atoms with E-state index < -0.39 is 6.09 Å². The van der Waals surface area contributed by atoms with Crippen LogP contribution in [0.5, 0.6) is 0 Å². The number of nitrogens with zero attached hydrogens (tertiary/aromatic N) is 2. The number of amides is 1. The zero-order chi connectivity index (χ0) is 10.7. The van der Waals surface area contributed by atoms with Crippen LogP contribution in [0.1, 0.15) is 13.8 Å². The van der Waals surface area contributed by atoms with E-state index in [9.17, 15) is 4.79 Å². The average molecular weight is 201 g/mol. The summed E-state index contributed by atoms with van der Waals surface area (Å²) in [6.45, 7) is 6.72. The quantitative estimate of drug-likeness (QED) is 0.660. The molecule has 3 N–H and O–H groups in total. The zero-order valence-electron chi connectivity index (χ0n) is 8.81. The molecule has 1 heterocycles. The normalized spacial score (nSPS) is 29.2. The molecule has 1 aliphatic heterocycles. The average Bonchev–Trinajstić information content (AvgIpc) is 2.10. The van der Waals surface area contributed by atoms with Crippen molar-refractivity contribution in [1.82, 2.24) is 9.80 Å². The van der Waals surface area contributed by atoms with Crippen LogP contribution in [0.3, 0.4) is 0 Å². The van der Waals surface area contributed by atoms with Crippen molar-refractivity contribution in [3.8, 4) is 0 Å². The Hall–Kier alpha value is -0.810. The molecule has 14 heavy (non-hydrogen) atoms. The van der Waals surface area contributed by atoms with Crippen molar-refractivity contribution < 1.29 is 9.90 Å². The first-order chi connectivity index (χ1) is 6.56. The molecule has 1 rings (SSSR count). The van der Waals surface area contributed by atoms with E-state index in [-0.39, 0.29) is 12.1 Å². The van der Waals surface area contributed by atoms with Crippen molar-refractivity contribution in [3.63, 3.8) is 0 Å². The second-order valence-corrected chi connectivity index (χ2v) is 3.91. The molecule has 0 aromatic heterocycles. The van der Waals surface area contributed by atoms with Gasteiger partial charge < -0.3 is 15.7 Å². The van der Waals surface area contributed by atoms with E-state index in [2.05, 4.69) is 4.90 Å². The maximum atomic E-state index is 10.8. The summed E-state index contributed by atoms with van der Waals surface area (Å²) >= 11 is 0. The van der Waals surface area contributed by atoms with Crippen LogP contribution in [0.4, 0.5) is 4.79 Å². The Labute approximate surface area is 84.5 Å². The number of carboxylic acid groups (broad SMARTS) is 1. The zero-order valence-corrected chi connectivity index (χ0v) is 8.81. The number of rotatable bonds is 2. The molecule has 0 saturated carbocycles. The lowest BCUT2D eigenvalue weighted by Gasteiger charge is -2.43. The molecule has 0 bridgehead atoms. The van der Waals surface area contributed by atoms with Gasteiger partial charge in [-0.05, 0) is 13.8 Å². The van der Waals surface area contributed by atoms with Crippen molar-refractivity contribution in [2.24, 2.45) is 5.73 Å². The molecule has 1 saturated heterocycles. The second kappa shape index (κ2) is 4.61. The minimum absolute atomic E-state index is 0.262. The molecule has 0 aliphatic carbocycles. The Morgan fingerprint density at radius 1 is 1.43 bits per heavy atom. The van der Waals surface area contributed by atoms with Crippen molar-refractivity contribution in [1.29, 1.82) is 0 Å². The van der Waals surface area contributed by atoms with Gasteiger partial charge >= 0.3 is 6.09 Å². The number of hydrogen-bond acceptors (Lipinski definition) is 3. The Kier molecular flexibility index (Phi) is 3.71. The number of piperazine rings is 1. The summed E-state index contributed by atoms with van der Waals surface area (Å²) < 4.78 is 0. The van der Waals surface area contributed by atoms with E-state index >= 15 is 0 Å². The van der Waals surface area contributed by atoms with E-state index in [4.69, 9.17) is 10.8 Å². The van der Waals surface area contributed by atoms with Crippen LogP contribution in [0.2, 0.25) is 0 Å². The van der Waals surface area contributed by atoms with Crippen LogP contribution < -0.4 is 5.73 Å². The van der Waals surface area contributed by atoms with Crippen molar-refractivity contribution in [2.45, 2.75) is 25.9 Å².